The van der Waals surface area contributed by atoms with Gasteiger partial charge in [-0.15, -0.1) is 0 Å². The maximum Gasteiger partial charge on any atom is 0.235 e. The zero-order chi connectivity index (χ0) is 19.6. The van der Waals surface area contributed by atoms with Gasteiger partial charge in [0.1, 0.15) is 5.58 Å². The van der Waals surface area contributed by atoms with E-state index < -0.39 is 11.2 Å². The van der Waals surface area contributed by atoms with Crippen molar-refractivity contribution in [3.63, 3.8) is 0 Å². The van der Waals surface area contributed by atoms with E-state index in [-0.39, 0.29) is 17.1 Å². The summed E-state index contributed by atoms with van der Waals surface area (Å²) in [5.41, 5.74) is 1.91. The first-order chi connectivity index (χ1) is 12.9. The molecule has 27 heavy (non-hydrogen) atoms. The quantitative estimate of drug-likeness (QED) is 0.714. The van der Waals surface area contributed by atoms with Gasteiger partial charge < -0.3 is 19.7 Å². The Morgan fingerprint density at radius 2 is 1.85 bits per heavy atom. The second-order valence-electron chi connectivity index (χ2n) is 6.56. The van der Waals surface area contributed by atoms with Gasteiger partial charge in [-0.05, 0) is 48.9 Å². The minimum Gasteiger partial charge on any atom is -0.502 e. The number of nitrogens with zero attached hydrogens (tertiary/aromatic N) is 1. The van der Waals surface area contributed by atoms with Crippen LogP contribution in [0, 0.1) is 0 Å². The van der Waals surface area contributed by atoms with Crippen LogP contribution in [-0.2, 0) is 4.79 Å². The molecule has 140 valence electrons. The van der Waals surface area contributed by atoms with E-state index in [1.54, 1.807) is 24.3 Å². The second-order valence-corrected chi connectivity index (χ2v) is 6.56. The lowest BCUT2D eigenvalue weighted by atomic mass is 10.1. The third-order valence-electron chi connectivity index (χ3n) is 4.27. The summed E-state index contributed by atoms with van der Waals surface area (Å²) in [6.07, 6.45) is 1.14. The van der Waals surface area contributed by atoms with E-state index in [2.05, 4.69) is 5.32 Å². The molecule has 0 radical (unpaired) electrons. The highest BCUT2D eigenvalue weighted by molar-refractivity contribution is 5.93. The molecule has 0 fully saturated rings. The van der Waals surface area contributed by atoms with Crippen molar-refractivity contribution in [1.29, 1.82) is 0 Å². The van der Waals surface area contributed by atoms with Crippen LogP contribution in [-0.4, -0.2) is 25.1 Å². The van der Waals surface area contributed by atoms with Gasteiger partial charge in [0.2, 0.25) is 17.1 Å². The molecule has 1 amide bonds. The second kappa shape index (κ2) is 7.53. The van der Waals surface area contributed by atoms with Crippen molar-refractivity contribution in [2.45, 2.75) is 19.8 Å². The van der Waals surface area contributed by atoms with E-state index in [9.17, 15) is 14.7 Å². The molecular weight excluding hydrogens is 344 g/mol. The summed E-state index contributed by atoms with van der Waals surface area (Å²) in [4.78, 5) is 26.3. The lowest BCUT2D eigenvalue weighted by Crippen LogP contribution is -2.11. The number of rotatable bonds is 5. The third kappa shape index (κ3) is 3.79. The molecule has 2 aromatic carbocycles. The number of amides is 1. The molecule has 6 heteroatoms. The van der Waals surface area contributed by atoms with Crippen molar-refractivity contribution in [3.8, 4) is 17.1 Å². The fourth-order valence-corrected chi connectivity index (χ4v) is 2.82. The van der Waals surface area contributed by atoms with Crippen molar-refractivity contribution >= 4 is 28.3 Å². The van der Waals surface area contributed by atoms with Gasteiger partial charge in [-0.3, -0.25) is 9.59 Å². The minimum absolute atomic E-state index is 0.122. The third-order valence-corrected chi connectivity index (χ3v) is 4.27. The number of hydrogen-bond acceptors (Lipinski definition) is 5. The first-order valence-electron chi connectivity index (χ1n) is 8.78. The number of aromatic hydroxyl groups is 1. The number of carbonyl (C=O) groups is 1. The SMILES string of the molecule is CCCC(=O)Nc1ccc2oc(-c3ccc(N(C)C)cc3)c(O)c(=O)c2c1. The molecule has 6 nitrogen and oxygen atoms in total. The van der Waals surface area contributed by atoms with Crippen molar-refractivity contribution in [1.82, 2.24) is 0 Å². The van der Waals surface area contributed by atoms with Gasteiger partial charge in [0.05, 0.1) is 5.39 Å². The topological polar surface area (TPSA) is 82.8 Å². The number of carbonyl (C=O) groups excluding carboxylic acids is 1. The summed E-state index contributed by atoms with van der Waals surface area (Å²) in [6.45, 7) is 1.92. The van der Waals surface area contributed by atoms with Crippen LogP contribution in [0.25, 0.3) is 22.3 Å². The summed E-state index contributed by atoms with van der Waals surface area (Å²) < 4.78 is 5.79. The summed E-state index contributed by atoms with van der Waals surface area (Å²) in [7, 11) is 3.86. The first-order valence-corrected chi connectivity index (χ1v) is 8.78. The van der Waals surface area contributed by atoms with Gasteiger partial charge in [-0.25, -0.2) is 0 Å². The Bertz CT molecular complexity index is 1040. The zero-order valence-corrected chi connectivity index (χ0v) is 15.6. The summed E-state index contributed by atoms with van der Waals surface area (Å²) >= 11 is 0. The van der Waals surface area contributed by atoms with Gasteiger partial charge in [0.25, 0.3) is 0 Å². The normalized spacial score (nSPS) is 10.8. The molecule has 0 aliphatic rings. The Morgan fingerprint density at radius 3 is 2.48 bits per heavy atom. The largest absolute Gasteiger partial charge is 0.502 e. The molecule has 0 aliphatic heterocycles. The van der Waals surface area contributed by atoms with Crippen LogP contribution in [0.1, 0.15) is 19.8 Å². The molecule has 0 spiro atoms. The Balaban J connectivity index is 2.03. The van der Waals surface area contributed by atoms with E-state index in [0.29, 0.717) is 23.3 Å². The lowest BCUT2D eigenvalue weighted by molar-refractivity contribution is -0.116. The van der Waals surface area contributed by atoms with Gasteiger partial charge in [0.15, 0.2) is 5.76 Å². The Kier molecular flexibility index (Phi) is 5.16. The standard InChI is InChI=1S/C21H22N2O4/c1-4-5-18(24)22-14-8-11-17-16(12-14)19(25)20(26)21(27-17)13-6-9-15(10-7-13)23(2)3/h6-12,26H,4-5H2,1-3H3,(H,22,24). The molecular formula is C21H22N2O4. The summed E-state index contributed by atoms with van der Waals surface area (Å²) in [6, 6.07) is 12.2. The van der Waals surface area contributed by atoms with Crippen molar-refractivity contribution in [3.05, 3.63) is 52.7 Å². The smallest absolute Gasteiger partial charge is 0.235 e. The van der Waals surface area contributed by atoms with Crippen LogP contribution >= 0.6 is 0 Å². The Hall–Kier alpha value is -3.28. The predicted molar refractivity (Wildman–Crippen MR) is 107 cm³/mol. The minimum atomic E-state index is -0.533. The molecule has 0 aliphatic carbocycles. The van der Waals surface area contributed by atoms with Crippen molar-refractivity contribution in [2.75, 3.05) is 24.3 Å². The van der Waals surface area contributed by atoms with Crippen molar-refractivity contribution < 1.29 is 14.3 Å². The van der Waals surface area contributed by atoms with Crippen LogP contribution in [0.3, 0.4) is 0 Å². The number of fused-ring (bicyclic) bond motifs is 1. The predicted octanol–water partition coefficient (Wildman–Crippen LogP) is 3.97. The molecule has 0 unspecified atom stereocenters. The monoisotopic (exact) mass is 366 g/mol. The fraction of sp³-hybridized carbons (Fsp3) is 0.238. The maximum atomic E-state index is 12.6. The van der Waals surface area contributed by atoms with Crippen LogP contribution in [0.15, 0.2) is 51.7 Å². The molecule has 0 saturated carbocycles. The van der Waals surface area contributed by atoms with Crippen LogP contribution < -0.4 is 15.6 Å². The Morgan fingerprint density at radius 1 is 1.15 bits per heavy atom. The fourth-order valence-electron chi connectivity index (χ4n) is 2.82. The van der Waals surface area contributed by atoms with Gasteiger partial charge >= 0.3 is 0 Å². The number of nitrogens with one attached hydrogen (secondary N) is 1. The summed E-state index contributed by atoms with van der Waals surface area (Å²) in [5, 5.41) is 13.3. The highest BCUT2D eigenvalue weighted by atomic mass is 16.4. The van der Waals surface area contributed by atoms with Gasteiger partial charge in [-0.1, -0.05) is 6.92 Å². The van der Waals surface area contributed by atoms with Crippen LogP contribution in [0.5, 0.6) is 5.75 Å². The van der Waals surface area contributed by atoms with E-state index >= 15 is 0 Å². The van der Waals surface area contributed by atoms with E-state index in [0.717, 1.165) is 12.1 Å². The molecule has 0 bridgehead atoms. The van der Waals surface area contributed by atoms with Gasteiger partial charge in [-0.2, -0.15) is 0 Å². The first kappa shape index (κ1) is 18.5. The molecule has 0 atom stereocenters. The Labute approximate surface area is 157 Å². The van der Waals surface area contributed by atoms with Crippen LogP contribution in [0.4, 0.5) is 11.4 Å². The average molecular weight is 366 g/mol. The molecule has 1 heterocycles. The van der Waals surface area contributed by atoms with E-state index in [1.807, 2.05) is 38.1 Å². The molecule has 1 aromatic heterocycles. The van der Waals surface area contributed by atoms with E-state index in [1.165, 1.54) is 6.07 Å². The number of anilines is 2. The lowest BCUT2D eigenvalue weighted by Gasteiger charge is -2.13. The van der Waals surface area contributed by atoms with Crippen LogP contribution in [0.2, 0.25) is 0 Å². The molecule has 2 N–H and O–H groups in total. The van der Waals surface area contributed by atoms with Gasteiger partial charge in [0, 0.05) is 37.5 Å². The number of benzene rings is 2. The summed E-state index contributed by atoms with van der Waals surface area (Å²) in [5.74, 6) is -0.444. The van der Waals surface area contributed by atoms with Crippen molar-refractivity contribution in [2.24, 2.45) is 0 Å². The maximum absolute atomic E-state index is 12.6. The van der Waals surface area contributed by atoms with E-state index in [4.69, 9.17) is 4.42 Å². The highest BCUT2D eigenvalue weighted by Crippen LogP contribution is 2.31. The zero-order valence-electron chi connectivity index (χ0n) is 15.6. The molecule has 3 rings (SSSR count). The number of hydrogen-bond donors (Lipinski definition) is 2. The molecule has 0 saturated heterocycles. The highest BCUT2D eigenvalue weighted by Gasteiger charge is 2.16. The average Bonchev–Trinajstić information content (AvgIpc) is 2.65. The molecule has 3 aromatic rings.